The van der Waals surface area contributed by atoms with Crippen LogP contribution in [0.1, 0.15) is 58.8 Å². The average molecular weight is 318 g/mol. The van der Waals surface area contributed by atoms with E-state index in [2.05, 4.69) is 13.8 Å². The Morgan fingerprint density at radius 3 is 2.74 bits per heavy atom. The van der Waals surface area contributed by atoms with Crippen LogP contribution in [0, 0.1) is 34.5 Å². The molecule has 0 bridgehead atoms. The number of fused-ring (bicyclic) bond motifs is 5. The zero-order valence-corrected chi connectivity index (χ0v) is 14.4. The molecule has 128 valence electrons. The van der Waals surface area contributed by atoms with Crippen LogP contribution in [0.15, 0.2) is 11.6 Å². The first-order valence-electron chi connectivity index (χ1n) is 9.43. The summed E-state index contributed by atoms with van der Waals surface area (Å²) in [5.74, 6) is 2.20. The molecule has 1 unspecified atom stereocenters. The van der Waals surface area contributed by atoms with Crippen LogP contribution in [0.25, 0.3) is 0 Å². The molecule has 23 heavy (non-hydrogen) atoms. The van der Waals surface area contributed by atoms with Gasteiger partial charge in [0.25, 0.3) is 0 Å². The highest BCUT2D eigenvalue weighted by atomic mass is 16.3. The predicted octanol–water partition coefficient (Wildman–Crippen LogP) is 3.10. The molecular weight excluding hydrogens is 288 g/mol. The number of carbonyl (C=O) groups excluding carboxylic acids is 1. The molecule has 0 amide bonds. The Bertz CT molecular complexity index is 553. The second-order valence-electron chi connectivity index (χ2n) is 9.13. The summed E-state index contributed by atoms with van der Waals surface area (Å²) in [6.07, 6.45) is 8.46. The number of hydrogen-bond donors (Lipinski definition) is 2. The van der Waals surface area contributed by atoms with Gasteiger partial charge in [0.2, 0.25) is 0 Å². The van der Waals surface area contributed by atoms with E-state index in [-0.39, 0.29) is 35.2 Å². The summed E-state index contributed by atoms with van der Waals surface area (Å²) in [5, 5.41) is 20.7. The van der Waals surface area contributed by atoms with E-state index < -0.39 is 0 Å². The molecule has 0 spiro atoms. The topological polar surface area (TPSA) is 57.5 Å². The van der Waals surface area contributed by atoms with Crippen molar-refractivity contribution in [1.29, 1.82) is 0 Å². The standard InChI is InChI=1S/C20H30O3/c1-19-8-7-14(22)9-13(19)3-4-15-16-5-6-17(23)20(16,2)10-12(11-21)18(15)19/h9,12,15-18,21,23H,3-8,10-11H2,1-2H3/t12?,15-,16-,17-,18-,19-,20-/m0/s1. The lowest BCUT2D eigenvalue weighted by Gasteiger charge is -2.60. The molecule has 3 nitrogen and oxygen atoms in total. The number of aliphatic hydroxyl groups is 2. The Morgan fingerprint density at radius 2 is 2.00 bits per heavy atom. The lowest BCUT2D eigenvalue weighted by Crippen LogP contribution is -2.55. The first kappa shape index (κ1) is 15.8. The van der Waals surface area contributed by atoms with Crippen molar-refractivity contribution in [2.75, 3.05) is 6.61 Å². The zero-order valence-electron chi connectivity index (χ0n) is 14.4. The van der Waals surface area contributed by atoms with Gasteiger partial charge < -0.3 is 10.2 Å². The maximum Gasteiger partial charge on any atom is 0.155 e. The maximum absolute atomic E-state index is 11.9. The number of allylic oxidation sites excluding steroid dienone is 1. The minimum Gasteiger partial charge on any atom is -0.396 e. The number of ketones is 1. The minimum absolute atomic E-state index is 0.0172. The average Bonchev–Trinajstić information content (AvgIpc) is 2.82. The highest BCUT2D eigenvalue weighted by molar-refractivity contribution is 5.91. The van der Waals surface area contributed by atoms with Gasteiger partial charge in [-0.05, 0) is 79.1 Å². The second kappa shape index (κ2) is 5.16. The first-order valence-corrected chi connectivity index (χ1v) is 9.43. The van der Waals surface area contributed by atoms with E-state index in [9.17, 15) is 15.0 Å². The molecule has 2 N–H and O–H groups in total. The maximum atomic E-state index is 11.9. The van der Waals surface area contributed by atoms with Gasteiger partial charge in [-0.3, -0.25) is 4.79 Å². The molecule has 0 radical (unpaired) electrons. The molecule has 0 saturated heterocycles. The molecule has 3 fully saturated rings. The molecule has 4 rings (SSSR count). The summed E-state index contributed by atoms with van der Waals surface area (Å²) in [7, 11) is 0. The molecule has 0 aliphatic heterocycles. The van der Waals surface area contributed by atoms with Crippen molar-refractivity contribution in [2.24, 2.45) is 34.5 Å². The quantitative estimate of drug-likeness (QED) is 0.781. The molecule has 0 aromatic rings. The van der Waals surface area contributed by atoms with Crippen molar-refractivity contribution in [1.82, 2.24) is 0 Å². The van der Waals surface area contributed by atoms with Crippen LogP contribution in [-0.4, -0.2) is 28.7 Å². The number of aliphatic hydroxyl groups excluding tert-OH is 2. The van der Waals surface area contributed by atoms with Crippen molar-refractivity contribution >= 4 is 5.78 Å². The van der Waals surface area contributed by atoms with Gasteiger partial charge in [-0.1, -0.05) is 19.4 Å². The fraction of sp³-hybridized carbons (Fsp3) is 0.850. The van der Waals surface area contributed by atoms with Crippen LogP contribution in [-0.2, 0) is 4.79 Å². The molecular formula is C20H30O3. The smallest absolute Gasteiger partial charge is 0.155 e. The summed E-state index contributed by atoms with van der Waals surface area (Å²) in [6, 6.07) is 0. The lowest BCUT2D eigenvalue weighted by molar-refractivity contribution is -0.126. The zero-order chi connectivity index (χ0) is 16.4. The first-order chi connectivity index (χ1) is 10.9. The summed E-state index contributed by atoms with van der Waals surface area (Å²) in [6.45, 7) is 4.82. The van der Waals surface area contributed by atoms with Gasteiger partial charge in [0, 0.05) is 13.0 Å². The summed E-state index contributed by atoms with van der Waals surface area (Å²) < 4.78 is 0. The monoisotopic (exact) mass is 318 g/mol. The summed E-state index contributed by atoms with van der Waals surface area (Å²) >= 11 is 0. The Morgan fingerprint density at radius 1 is 1.22 bits per heavy atom. The van der Waals surface area contributed by atoms with Gasteiger partial charge in [0.1, 0.15) is 0 Å². The Kier molecular flexibility index (Phi) is 3.55. The summed E-state index contributed by atoms with van der Waals surface area (Å²) in [4.78, 5) is 11.9. The van der Waals surface area contributed by atoms with Gasteiger partial charge >= 0.3 is 0 Å². The predicted molar refractivity (Wildman–Crippen MR) is 88.7 cm³/mol. The molecule has 3 saturated carbocycles. The molecule has 4 aliphatic carbocycles. The molecule has 7 atom stereocenters. The van der Waals surface area contributed by atoms with E-state index >= 15 is 0 Å². The van der Waals surface area contributed by atoms with Crippen molar-refractivity contribution in [3.63, 3.8) is 0 Å². The van der Waals surface area contributed by atoms with E-state index in [4.69, 9.17) is 0 Å². The van der Waals surface area contributed by atoms with Crippen LogP contribution in [0.4, 0.5) is 0 Å². The Labute approximate surface area is 139 Å². The van der Waals surface area contributed by atoms with E-state index in [1.807, 2.05) is 6.08 Å². The van der Waals surface area contributed by atoms with Crippen LogP contribution >= 0.6 is 0 Å². The molecule has 0 aromatic heterocycles. The van der Waals surface area contributed by atoms with Crippen molar-refractivity contribution < 1.29 is 15.0 Å². The molecule has 0 aromatic carbocycles. The molecule has 4 aliphatic rings. The normalized spacial score (nSPS) is 52.4. The third kappa shape index (κ3) is 2.05. The van der Waals surface area contributed by atoms with Gasteiger partial charge in [-0.2, -0.15) is 0 Å². The summed E-state index contributed by atoms with van der Waals surface area (Å²) in [5.41, 5.74) is 1.41. The minimum atomic E-state index is -0.208. The fourth-order valence-corrected chi connectivity index (χ4v) is 7.11. The van der Waals surface area contributed by atoms with Gasteiger partial charge in [0.05, 0.1) is 6.10 Å². The third-order valence-electron chi connectivity index (χ3n) is 8.22. The van der Waals surface area contributed by atoms with E-state index in [0.717, 1.165) is 38.5 Å². The van der Waals surface area contributed by atoms with Crippen LogP contribution in [0.3, 0.4) is 0 Å². The highest BCUT2D eigenvalue weighted by Gasteiger charge is 2.61. The number of carbonyl (C=O) groups is 1. The van der Waals surface area contributed by atoms with E-state index in [1.54, 1.807) is 0 Å². The van der Waals surface area contributed by atoms with Crippen LogP contribution in [0.2, 0.25) is 0 Å². The van der Waals surface area contributed by atoms with Crippen molar-refractivity contribution in [2.45, 2.75) is 64.9 Å². The number of hydrogen-bond acceptors (Lipinski definition) is 3. The van der Waals surface area contributed by atoms with Gasteiger partial charge in [-0.15, -0.1) is 0 Å². The Hall–Kier alpha value is -0.670. The van der Waals surface area contributed by atoms with Gasteiger partial charge in [-0.25, -0.2) is 0 Å². The SMILES string of the molecule is C[C@]12CC(CO)[C@H]3[C@@H](CCC4=CC(=O)CC[C@@]43C)[C@@H]1CC[C@@H]2O. The second-order valence-corrected chi connectivity index (χ2v) is 9.13. The molecule has 0 heterocycles. The Balaban J connectivity index is 1.76. The lowest BCUT2D eigenvalue weighted by atomic mass is 9.44. The fourth-order valence-electron chi connectivity index (χ4n) is 7.11. The van der Waals surface area contributed by atoms with E-state index in [1.165, 1.54) is 5.57 Å². The van der Waals surface area contributed by atoms with Crippen molar-refractivity contribution in [3.8, 4) is 0 Å². The number of rotatable bonds is 1. The largest absolute Gasteiger partial charge is 0.396 e. The third-order valence-corrected chi connectivity index (χ3v) is 8.22. The molecule has 3 heteroatoms. The van der Waals surface area contributed by atoms with Gasteiger partial charge in [0.15, 0.2) is 5.78 Å². The van der Waals surface area contributed by atoms with E-state index in [0.29, 0.717) is 24.2 Å². The highest BCUT2D eigenvalue weighted by Crippen LogP contribution is 2.66. The van der Waals surface area contributed by atoms with Crippen LogP contribution in [0.5, 0.6) is 0 Å². The van der Waals surface area contributed by atoms with Crippen LogP contribution < -0.4 is 0 Å². The van der Waals surface area contributed by atoms with Crippen molar-refractivity contribution in [3.05, 3.63) is 11.6 Å².